The quantitative estimate of drug-likeness (QED) is 0.664. The molecular formula is C11H20O2. The van der Waals surface area contributed by atoms with Crippen LogP contribution in [0.25, 0.3) is 0 Å². The van der Waals surface area contributed by atoms with Crippen LogP contribution in [0.15, 0.2) is 23.8 Å². The van der Waals surface area contributed by atoms with Gasteiger partial charge in [-0.15, -0.1) is 0 Å². The minimum Gasteiger partial charge on any atom is -0.392 e. The van der Waals surface area contributed by atoms with Gasteiger partial charge in [-0.25, -0.2) is 0 Å². The van der Waals surface area contributed by atoms with E-state index in [9.17, 15) is 0 Å². The Balaban J connectivity index is 3.94. The summed E-state index contributed by atoms with van der Waals surface area (Å²) in [6, 6.07) is 0. The fourth-order valence-electron chi connectivity index (χ4n) is 0.824. The Morgan fingerprint density at radius 2 is 2.08 bits per heavy atom. The molecule has 0 bridgehead atoms. The second-order valence-corrected chi connectivity index (χ2v) is 3.70. The van der Waals surface area contributed by atoms with Crippen molar-refractivity contribution in [3.8, 4) is 0 Å². The van der Waals surface area contributed by atoms with Crippen LogP contribution < -0.4 is 0 Å². The lowest BCUT2D eigenvalue weighted by Crippen LogP contribution is -2.20. The molecule has 0 aliphatic carbocycles. The molecule has 0 aromatic carbocycles. The zero-order chi connectivity index (χ0) is 10.3. The van der Waals surface area contributed by atoms with Crippen LogP contribution in [0.2, 0.25) is 0 Å². The van der Waals surface area contributed by atoms with Crippen molar-refractivity contribution in [2.45, 2.75) is 32.8 Å². The number of aliphatic hydroxyl groups excluding tert-OH is 1. The summed E-state index contributed by atoms with van der Waals surface area (Å²) in [6.45, 7) is 6.15. The highest BCUT2D eigenvalue weighted by Gasteiger charge is 2.12. The number of allylic oxidation sites excluding steroid dienone is 2. The van der Waals surface area contributed by atoms with Gasteiger partial charge in [0.25, 0.3) is 0 Å². The maximum absolute atomic E-state index is 8.61. The van der Waals surface area contributed by atoms with Crippen molar-refractivity contribution in [3.63, 3.8) is 0 Å². The SMILES string of the molecule is COC(C)(C)C/C=C/C(C)=C/CO. The first-order chi connectivity index (χ1) is 6.02. The lowest BCUT2D eigenvalue weighted by atomic mass is 10.0. The number of hydrogen-bond donors (Lipinski definition) is 1. The van der Waals surface area contributed by atoms with E-state index in [2.05, 4.69) is 6.08 Å². The third kappa shape index (κ3) is 6.55. The van der Waals surface area contributed by atoms with E-state index in [0.717, 1.165) is 12.0 Å². The second kappa shape index (κ2) is 5.95. The Morgan fingerprint density at radius 1 is 1.46 bits per heavy atom. The van der Waals surface area contributed by atoms with E-state index in [1.807, 2.05) is 26.8 Å². The van der Waals surface area contributed by atoms with Crippen molar-refractivity contribution in [2.75, 3.05) is 13.7 Å². The van der Waals surface area contributed by atoms with Crippen LogP contribution in [-0.2, 0) is 4.74 Å². The first-order valence-corrected chi connectivity index (χ1v) is 4.51. The summed E-state index contributed by atoms with van der Waals surface area (Å²) in [5.74, 6) is 0. The Morgan fingerprint density at radius 3 is 2.54 bits per heavy atom. The van der Waals surface area contributed by atoms with Crippen LogP contribution in [0.5, 0.6) is 0 Å². The summed E-state index contributed by atoms with van der Waals surface area (Å²) in [5, 5.41) is 8.61. The van der Waals surface area contributed by atoms with Gasteiger partial charge in [0.15, 0.2) is 0 Å². The standard InChI is InChI=1S/C11H20O2/c1-10(7-9-12)6-5-8-11(2,3)13-4/h5-7,12H,8-9H2,1-4H3/b6-5+,10-7+. The molecule has 0 aromatic rings. The van der Waals surface area contributed by atoms with Gasteiger partial charge in [-0.1, -0.05) is 23.8 Å². The van der Waals surface area contributed by atoms with Gasteiger partial charge in [-0.2, -0.15) is 0 Å². The van der Waals surface area contributed by atoms with E-state index in [1.165, 1.54) is 0 Å². The summed E-state index contributed by atoms with van der Waals surface area (Å²) in [5.41, 5.74) is 0.977. The zero-order valence-corrected chi connectivity index (χ0v) is 9.00. The molecule has 2 heteroatoms. The van der Waals surface area contributed by atoms with Gasteiger partial charge in [0.1, 0.15) is 0 Å². The van der Waals surface area contributed by atoms with Gasteiger partial charge in [-0.3, -0.25) is 0 Å². The smallest absolute Gasteiger partial charge is 0.0657 e. The Labute approximate surface area is 80.9 Å². The molecule has 0 saturated heterocycles. The molecule has 0 rings (SSSR count). The van der Waals surface area contributed by atoms with Gasteiger partial charge in [0, 0.05) is 7.11 Å². The average Bonchev–Trinajstić information content (AvgIpc) is 2.05. The first-order valence-electron chi connectivity index (χ1n) is 4.51. The minimum atomic E-state index is -0.101. The largest absolute Gasteiger partial charge is 0.392 e. The molecule has 0 spiro atoms. The number of methoxy groups -OCH3 is 1. The summed E-state index contributed by atoms with van der Waals surface area (Å²) in [6.07, 6.45) is 6.71. The molecule has 0 aliphatic rings. The normalized spacial score (nSPS) is 14.1. The predicted molar refractivity (Wildman–Crippen MR) is 55.7 cm³/mol. The molecule has 1 N–H and O–H groups in total. The lowest BCUT2D eigenvalue weighted by Gasteiger charge is -2.20. The average molecular weight is 184 g/mol. The summed E-state index contributed by atoms with van der Waals surface area (Å²) >= 11 is 0. The Kier molecular flexibility index (Phi) is 5.67. The van der Waals surface area contributed by atoms with Crippen molar-refractivity contribution in [3.05, 3.63) is 23.8 Å². The predicted octanol–water partition coefficient (Wildman–Crippen LogP) is 2.30. The maximum Gasteiger partial charge on any atom is 0.0657 e. The molecule has 0 amide bonds. The lowest BCUT2D eigenvalue weighted by molar-refractivity contribution is 0.0255. The van der Waals surface area contributed by atoms with Gasteiger partial charge in [-0.05, 0) is 27.2 Å². The van der Waals surface area contributed by atoms with Crippen molar-refractivity contribution in [1.29, 1.82) is 0 Å². The number of ether oxygens (including phenoxy) is 1. The number of hydrogen-bond acceptors (Lipinski definition) is 2. The molecule has 76 valence electrons. The highest BCUT2D eigenvalue weighted by Crippen LogP contribution is 2.13. The van der Waals surface area contributed by atoms with Crippen LogP contribution in [0.3, 0.4) is 0 Å². The van der Waals surface area contributed by atoms with Crippen molar-refractivity contribution < 1.29 is 9.84 Å². The Bertz CT molecular complexity index is 190. The van der Waals surface area contributed by atoms with E-state index in [4.69, 9.17) is 9.84 Å². The summed E-state index contributed by atoms with van der Waals surface area (Å²) in [7, 11) is 1.71. The van der Waals surface area contributed by atoms with Crippen molar-refractivity contribution in [1.82, 2.24) is 0 Å². The maximum atomic E-state index is 8.61. The summed E-state index contributed by atoms with van der Waals surface area (Å²) < 4.78 is 5.26. The van der Waals surface area contributed by atoms with E-state index in [0.29, 0.717) is 0 Å². The topological polar surface area (TPSA) is 29.5 Å². The third-order valence-corrected chi connectivity index (χ3v) is 1.96. The zero-order valence-electron chi connectivity index (χ0n) is 9.00. The number of aliphatic hydroxyl groups is 1. The molecule has 0 radical (unpaired) electrons. The first kappa shape index (κ1) is 12.4. The van der Waals surface area contributed by atoms with E-state index in [-0.39, 0.29) is 12.2 Å². The molecule has 0 aliphatic heterocycles. The molecule has 2 nitrogen and oxygen atoms in total. The van der Waals surface area contributed by atoms with E-state index >= 15 is 0 Å². The highest BCUT2D eigenvalue weighted by atomic mass is 16.5. The van der Waals surface area contributed by atoms with Crippen LogP contribution >= 0.6 is 0 Å². The molecule has 0 heterocycles. The Hall–Kier alpha value is -0.600. The third-order valence-electron chi connectivity index (χ3n) is 1.96. The monoisotopic (exact) mass is 184 g/mol. The van der Waals surface area contributed by atoms with Gasteiger partial charge < -0.3 is 9.84 Å². The molecule has 13 heavy (non-hydrogen) atoms. The molecule has 0 atom stereocenters. The molecule has 0 aromatic heterocycles. The highest BCUT2D eigenvalue weighted by molar-refractivity contribution is 5.16. The fraction of sp³-hybridized carbons (Fsp3) is 0.636. The molecule has 0 fully saturated rings. The number of rotatable bonds is 5. The van der Waals surface area contributed by atoms with Crippen molar-refractivity contribution >= 4 is 0 Å². The van der Waals surface area contributed by atoms with Crippen LogP contribution in [0.4, 0.5) is 0 Å². The van der Waals surface area contributed by atoms with E-state index in [1.54, 1.807) is 13.2 Å². The van der Waals surface area contributed by atoms with Crippen LogP contribution in [0, 0.1) is 0 Å². The second-order valence-electron chi connectivity index (χ2n) is 3.70. The van der Waals surface area contributed by atoms with Gasteiger partial charge in [0.05, 0.1) is 12.2 Å². The van der Waals surface area contributed by atoms with Crippen LogP contribution in [0.1, 0.15) is 27.2 Å². The minimum absolute atomic E-state index is 0.101. The van der Waals surface area contributed by atoms with Crippen molar-refractivity contribution in [2.24, 2.45) is 0 Å². The van der Waals surface area contributed by atoms with E-state index < -0.39 is 0 Å². The van der Waals surface area contributed by atoms with Gasteiger partial charge >= 0.3 is 0 Å². The van der Waals surface area contributed by atoms with Crippen LogP contribution in [-0.4, -0.2) is 24.4 Å². The molecule has 0 saturated carbocycles. The molecule has 0 unspecified atom stereocenters. The summed E-state index contributed by atoms with van der Waals surface area (Å²) in [4.78, 5) is 0. The molecular weight excluding hydrogens is 164 g/mol. The fourth-order valence-corrected chi connectivity index (χ4v) is 0.824. The van der Waals surface area contributed by atoms with Gasteiger partial charge in [0.2, 0.25) is 0 Å².